The van der Waals surface area contributed by atoms with Gasteiger partial charge in [-0.05, 0) is 25.0 Å². The van der Waals surface area contributed by atoms with E-state index in [9.17, 15) is 13.2 Å². The fraction of sp³-hybridized carbons (Fsp3) is 0.462. The number of hydrogen-bond acceptors (Lipinski definition) is 3. The van der Waals surface area contributed by atoms with Gasteiger partial charge in [-0.25, -0.2) is 8.42 Å². The Labute approximate surface area is 118 Å². The first-order valence-electron chi connectivity index (χ1n) is 6.05. The number of rotatable bonds is 3. The third kappa shape index (κ3) is 3.70. The zero-order valence-corrected chi connectivity index (χ0v) is 12.2. The maximum Gasteiger partial charge on any atom is 0.224 e. The summed E-state index contributed by atoms with van der Waals surface area (Å²) < 4.78 is 22.9. The van der Waals surface area contributed by atoms with Gasteiger partial charge in [-0.1, -0.05) is 29.8 Å². The van der Waals surface area contributed by atoms with Gasteiger partial charge in [-0.2, -0.15) is 0 Å². The van der Waals surface area contributed by atoms with Crippen molar-refractivity contribution in [3.8, 4) is 0 Å². The number of nitrogens with one attached hydrogen (secondary N) is 1. The average molecular weight is 302 g/mol. The van der Waals surface area contributed by atoms with Crippen molar-refractivity contribution in [2.24, 2.45) is 0 Å². The Morgan fingerprint density at radius 3 is 2.68 bits per heavy atom. The fourth-order valence-electron chi connectivity index (χ4n) is 2.30. The van der Waals surface area contributed by atoms with Crippen LogP contribution in [0.15, 0.2) is 24.3 Å². The number of carbonyl (C=O) groups is 1. The molecule has 1 saturated heterocycles. The second-order valence-electron chi connectivity index (χ2n) is 5.22. The summed E-state index contributed by atoms with van der Waals surface area (Å²) >= 11 is 5.99. The molecule has 19 heavy (non-hydrogen) atoms. The molecule has 0 aliphatic carbocycles. The van der Waals surface area contributed by atoms with Crippen LogP contribution in [-0.2, 0) is 21.1 Å². The van der Waals surface area contributed by atoms with Crippen LogP contribution in [0.3, 0.4) is 0 Å². The van der Waals surface area contributed by atoms with E-state index in [1.807, 2.05) is 6.07 Å². The third-order valence-electron chi connectivity index (χ3n) is 3.25. The molecule has 1 amide bonds. The number of amides is 1. The first kappa shape index (κ1) is 14.3. The van der Waals surface area contributed by atoms with Crippen molar-refractivity contribution in [3.05, 3.63) is 34.9 Å². The summed E-state index contributed by atoms with van der Waals surface area (Å²) in [6.07, 6.45) is 0.624. The topological polar surface area (TPSA) is 63.2 Å². The van der Waals surface area contributed by atoms with Gasteiger partial charge in [0, 0.05) is 5.02 Å². The molecule has 1 aromatic carbocycles. The molecule has 1 heterocycles. The summed E-state index contributed by atoms with van der Waals surface area (Å²) in [4.78, 5) is 12.0. The van der Waals surface area contributed by atoms with Crippen molar-refractivity contribution in [1.29, 1.82) is 0 Å². The monoisotopic (exact) mass is 301 g/mol. The lowest BCUT2D eigenvalue weighted by atomic mass is 10.0. The van der Waals surface area contributed by atoms with Crippen LogP contribution < -0.4 is 5.32 Å². The van der Waals surface area contributed by atoms with E-state index in [-0.39, 0.29) is 23.8 Å². The Kier molecular flexibility index (Phi) is 3.87. The smallest absolute Gasteiger partial charge is 0.224 e. The van der Waals surface area contributed by atoms with E-state index in [1.54, 1.807) is 25.1 Å². The molecule has 6 heteroatoms. The Balaban J connectivity index is 2.01. The van der Waals surface area contributed by atoms with Crippen molar-refractivity contribution >= 4 is 27.3 Å². The van der Waals surface area contributed by atoms with Gasteiger partial charge in [0.05, 0.1) is 23.5 Å². The van der Waals surface area contributed by atoms with Crippen LogP contribution in [0.25, 0.3) is 0 Å². The molecule has 0 bridgehead atoms. The van der Waals surface area contributed by atoms with Crippen molar-refractivity contribution in [2.45, 2.75) is 25.3 Å². The maximum absolute atomic E-state index is 12.0. The molecule has 0 radical (unpaired) electrons. The number of hydrogen-bond donors (Lipinski definition) is 1. The predicted octanol–water partition coefficient (Wildman–Crippen LogP) is 1.58. The molecular formula is C13H16ClNO3S. The highest BCUT2D eigenvalue weighted by Gasteiger charge is 2.39. The van der Waals surface area contributed by atoms with Gasteiger partial charge in [0.2, 0.25) is 5.91 Å². The van der Waals surface area contributed by atoms with E-state index >= 15 is 0 Å². The third-order valence-corrected chi connectivity index (χ3v) is 5.53. The van der Waals surface area contributed by atoms with Gasteiger partial charge >= 0.3 is 0 Å². The van der Waals surface area contributed by atoms with E-state index in [0.717, 1.165) is 5.56 Å². The highest BCUT2D eigenvalue weighted by molar-refractivity contribution is 7.91. The standard InChI is InChI=1S/C13H16ClNO3S/c1-13(6-7-19(17,18)9-13)15-12(16)8-10-4-2-3-5-11(10)14/h2-5H,6-9H2,1H3,(H,15,16)/t13-/m1/s1. The van der Waals surface area contributed by atoms with Gasteiger partial charge in [0.25, 0.3) is 0 Å². The van der Waals surface area contributed by atoms with Crippen LogP contribution in [0.4, 0.5) is 0 Å². The summed E-state index contributed by atoms with van der Waals surface area (Å²) in [5, 5.41) is 3.35. The Morgan fingerprint density at radius 1 is 1.42 bits per heavy atom. The first-order valence-corrected chi connectivity index (χ1v) is 8.24. The molecule has 1 N–H and O–H groups in total. The van der Waals surface area contributed by atoms with Crippen LogP contribution in [0.5, 0.6) is 0 Å². The molecule has 1 atom stereocenters. The Bertz CT molecular complexity index is 600. The van der Waals surface area contributed by atoms with Crippen molar-refractivity contribution in [1.82, 2.24) is 5.32 Å². The molecular weight excluding hydrogens is 286 g/mol. The normalized spacial score (nSPS) is 25.2. The van der Waals surface area contributed by atoms with E-state index in [4.69, 9.17) is 11.6 Å². The molecule has 1 aliphatic rings. The van der Waals surface area contributed by atoms with E-state index < -0.39 is 15.4 Å². The molecule has 104 valence electrons. The highest BCUT2D eigenvalue weighted by atomic mass is 35.5. The van der Waals surface area contributed by atoms with E-state index in [1.165, 1.54) is 0 Å². The van der Waals surface area contributed by atoms with Gasteiger partial charge in [0.1, 0.15) is 0 Å². The van der Waals surface area contributed by atoms with Crippen LogP contribution in [0.2, 0.25) is 5.02 Å². The Hall–Kier alpha value is -1.07. The van der Waals surface area contributed by atoms with E-state index in [0.29, 0.717) is 11.4 Å². The Morgan fingerprint density at radius 2 is 2.11 bits per heavy atom. The molecule has 0 unspecified atom stereocenters. The van der Waals surface area contributed by atoms with Crippen LogP contribution in [0, 0.1) is 0 Å². The molecule has 0 saturated carbocycles. The molecule has 4 nitrogen and oxygen atoms in total. The van der Waals surface area contributed by atoms with Crippen LogP contribution >= 0.6 is 11.6 Å². The zero-order valence-electron chi connectivity index (χ0n) is 10.6. The predicted molar refractivity (Wildman–Crippen MR) is 75.0 cm³/mol. The zero-order chi connectivity index (χ0) is 14.1. The van der Waals surface area contributed by atoms with Crippen LogP contribution in [-0.4, -0.2) is 31.4 Å². The largest absolute Gasteiger partial charge is 0.350 e. The summed E-state index contributed by atoms with van der Waals surface area (Å²) in [6.45, 7) is 1.77. The average Bonchev–Trinajstić information content (AvgIpc) is 2.56. The number of sulfone groups is 1. The summed E-state index contributed by atoms with van der Waals surface area (Å²) in [7, 11) is -3.02. The van der Waals surface area contributed by atoms with Crippen molar-refractivity contribution in [3.63, 3.8) is 0 Å². The van der Waals surface area contributed by atoms with E-state index in [2.05, 4.69) is 5.32 Å². The molecule has 1 aromatic rings. The van der Waals surface area contributed by atoms with Gasteiger partial charge in [0.15, 0.2) is 9.84 Å². The number of halogens is 1. The minimum absolute atomic E-state index is 0.00820. The second kappa shape index (κ2) is 5.13. The van der Waals surface area contributed by atoms with Gasteiger partial charge in [-0.15, -0.1) is 0 Å². The number of benzene rings is 1. The summed E-state index contributed by atoms with van der Waals surface area (Å²) in [5.41, 5.74) is 0.0862. The second-order valence-corrected chi connectivity index (χ2v) is 7.81. The summed E-state index contributed by atoms with van der Waals surface area (Å²) in [5.74, 6) is -0.0582. The number of carbonyl (C=O) groups excluding carboxylic acids is 1. The van der Waals surface area contributed by atoms with Crippen LogP contribution in [0.1, 0.15) is 18.9 Å². The maximum atomic E-state index is 12.0. The SMILES string of the molecule is C[C@@]1(NC(=O)Cc2ccccc2Cl)CCS(=O)(=O)C1. The fourth-order valence-corrected chi connectivity index (χ4v) is 4.60. The molecule has 1 fully saturated rings. The van der Waals surface area contributed by atoms with Gasteiger partial charge < -0.3 is 5.32 Å². The minimum Gasteiger partial charge on any atom is -0.350 e. The summed E-state index contributed by atoms with van der Waals surface area (Å²) in [6, 6.07) is 7.13. The first-order chi connectivity index (χ1) is 8.80. The minimum atomic E-state index is -3.02. The van der Waals surface area contributed by atoms with Crippen molar-refractivity contribution in [2.75, 3.05) is 11.5 Å². The quantitative estimate of drug-likeness (QED) is 0.922. The molecule has 0 aromatic heterocycles. The van der Waals surface area contributed by atoms with Crippen molar-refractivity contribution < 1.29 is 13.2 Å². The molecule has 2 rings (SSSR count). The molecule has 0 spiro atoms. The lowest BCUT2D eigenvalue weighted by Crippen LogP contribution is -2.47. The molecule has 1 aliphatic heterocycles. The van der Waals surface area contributed by atoms with Gasteiger partial charge in [-0.3, -0.25) is 4.79 Å². The highest BCUT2D eigenvalue weighted by Crippen LogP contribution is 2.23. The lowest BCUT2D eigenvalue weighted by Gasteiger charge is -2.24. The lowest BCUT2D eigenvalue weighted by molar-refractivity contribution is -0.121.